The Balaban J connectivity index is 2.82. The Morgan fingerprint density at radius 3 is 2.38 bits per heavy atom. The van der Waals surface area contributed by atoms with Crippen LogP contribution >= 0.6 is 0 Å². The first-order valence-corrected chi connectivity index (χ1v) is 6.01. The van der Waals surface area contributed by atoms with Crippen molar-refractivity contribution in [3.63, 3.8) is 0 Å². The Morgan fingerprint density at radius 2 is 1.88 bits per heavy atom. The first kappa shape index (κ1) is 13.2. The molecule has 16 heavy (non-hydrogen) atoms. The van der Waals surface area contributed by atoms with E-state index < -0.39 is 0 Å². The van der Waals surface area contributed by atoms with Crippen molar-refractivity contribution in [2.75, 3.05) is 13.1 Å². The van der Waals surface area contributed by atoms with Crippen molar-refractivity contribution < 1.29 is 0 Å². The standard InChI is InChI=1S/C14H24N2/c1-5-16(14(3,4)11-15)10-13-9-7-6-8-12(13)2/h6-9H,5,10-11,15H2,1-4H3. The number of benzene rings is 1. The molecule has 0 saturated heterocycles. The van der Waals surface area contributed by atoms with Crippen molar-refractivity contribution in [3.05, 3.63) is 35.4 Å². The van der Waals surface area contributed by atoms with Gasteiger partial charge in [-0.05, 0) is 38.4 Å². The van der Waals surface area contributed by atoms with E-state index in [1.54, 1.807) is 0 Å². The first-order valence-electron chi connectivity index (χ1n) is 6.01. The monoisotopic (exact) mass is 220 g/mol. The molecule has 0 radical (unpaired) electrons. The lowest BCUT2D eigenvalue weighted by Gasteiger charge is -2.37. The summed E-state index contributed by atoms with van der Waals surface area (Å²) in [7, 11) is 0. The lowest BCUT2D eigenvalue weighted by Crippen LogP contribution is -2.48. The zero-order valence-electron chi connectivity index (χ0n) is 11.0. The summed E-state index contributed by atoms with van der Waals surface area (Å²) in [6.07, 6.45) is 0. The second kappa shape index (κ2) is 5.46. The third kappa shape index (κ3) is 3.06. The molecule has 1 aromatic rings. The van der Waals surface area contributed by atoms with Crippen molar-refractivity contribution in [1.82, 2.24) is 4.90 Å². The van der Waals surface area contributed by atoms with Crippen LogP contribution in [0.25, 0.3) is 0 Å². The van der Waals surface area contributed by atoms with Gasteiger partial charge in [-0.1, -0.05) is 31.2 Å². The number of nitrogens with zero attached hydrogens (tertiary/aromatic N) is 1. The maximum atomic E-state index is 5.83. The number of likely N-dealkylation sites (N-methyl/N-ethyl adjacent to an activating group) is 1. The molecule has 90 valence electrons. The van der Waals surface area contributed by atoms with Crippen molar-refractivity contribution in [1.29, 1.82) is 0 Å². The van der Waals surface area contributed by atoms with Gasteiger partial charge in [0.2, 0.25) is 0 Å². The average molecular weight is 220 g/mol. The van der Waals surface area contributed by atoms with Gasteiger partial charge in [0.25, 0.3) is 0 Å². The van der Waals surface area contributed by atoms with Crippen molar-refractivity contribution >= 4 is 0 Å². The normalized spacial score (nSPS) is 12.1. The minimum absolute atomic E-state index is 0.0665. The molecule has 0 heterocycles. The van der Waals surface area contributed by atoms with Gasteiger partial charge in [-0.25, -0.2) is 0 Å². The largest absolute Gasteiger partial charge is 0.329 e. The zero-order chi connectivity index (χ0) is 12.2. The van der Waals surface area contributed by atoms with Crippen LogP contribution in [-0.2, 0) is 6.54 Å². The Bertz CT molecular complexity index is 331. The highest BCUT2D eigenvalue weighted by Crippen LogP contribution is 2.18. The summed E-state index contributed by atoms with van der Waals surface area (Å²) in [6.45, 7) is 11.5. The number of nitrogens with two attached hydrogens (primary N) is 1. The van der Waals surface area contributed by atoms with Crippen LogP contribution in [0, 0.1) is 6.92 Å². The van der Waals surface area contributed by atoms with E-state index >= 15 is 0 Å². The number of rotatable bonds is 5. The van der Waals surface area contributed by atoms with E-state index in [0.717, 1.165) is 13.1 Å². The summed E-state index contributed by atoms with van der Waals surface area (Å²) in [4.78, 5) is 2.43. The molecule has 1 aromatic carbocycles. The summed E-state index contributed by atoms with van der Waals surface area (Å²) < 4.78 is 0. The predicted molar refractivity (Wildman–Crippen MR) is 70.4 cm³/mol. The SMILES string of the molecule is CCN(Cc1ccccc1C)C(C)(C)CN. The molecule has 0 aliphatic carbocycles. The van der Waals surface area contributed by atoms with E-state index in [9.17, 15) is 0 Å². The van der Waals surface area contributed by atoms with Crippen LogP contribution in [0.1, 0.15) is 31.9 Å². The zero-order valence-corrected chi connectivity index (χ0v) is 11.0. The van der Waals surface area contributed by atoms with Crippen LogP contribution in [0.3, 0.4) is 0 Å². The number of hydrogen-bond acceptors (Lipinski definition) is 2. The summed E-state index contributed by atoms with van der Waals surface area (Å²) in [6, 6.07) is 8.55. The molecule has 0 unspecified atom stereocenters. The van der Waals surface area contributed by atoms with Crippen LogP contribution in [-0.4, -0.2) is 23.5 Å². The fourth-order valence-electron chi connectivity index (χ4n) is 1.88. The lowest BCUT2D eigenvalue weighted by molar-refractivity contribution is 0.125. The molecule has 0 atom stereocenters. The quantitative estimate of drug-likeness (QED) is 0.826. The van der Waals surface area contributed by atoms with Crippen LogP contribution < -0.4 is 5.73 Å². The molecule has 0 spiro atoms. The molecule has 0 fully saturated rings. The molecule has 0 aromatic heterocycles. The van der Waals surface area contributed by atoms with Crippen molar-refractivity contribution in [2.45, 2.75) is 39.8 Å². The molecule has 0 bridgehead atoms. The Morgan fingerprint density at radius 1 is 1.25 bits per heavy atom. The van der Waals surface area contributed by atoms with Gasteiger partial charge in [-0.15, -0.1) is 0 Å². The third-order valence-electron chi connectivity index (χ3n) is 3.36. The molecule has 0 aliphatic heterocycles. The molecular weight excluding hydrogens is 196 g/mol. The van der Waals surface area contributed by atoms with E-state index in [2.05, 4.69) is 56.9 Å². The molecule has 2 nitrogen and oxygen atoms in total. The van der Waals surface area contributed by atoms with Gasteiger partial charge in [0.15, 0.2) is 0 Å². The van der Waals surface area contributed by atoms with Gasteiger partial charge in [0.1, 0.15) is 0 Å². The molecule has 0 amide bonds. The van der Waals surface area contributed by atoms with Gasteiger partial charge < -0.3 is 5.73 Å². The van der Waals surface area contributed by atoms with Gasteiger partial charge in [-0.3, -0.25) is 4.90 Å². The Labute approximate surface area is 99.5 Å². The first-order chi connectivity index (χ1) is 7.51. The van der Waals surface area contributed by atoms with Crippen molar-refractivity contribution in [2.24, 2.45) is 5.73 Å². The second-order valence-electron chi connectivity index (χ2n) is 4.96. The van der Waals surface area contributed by atoms with Crippen LogP contribution in [0.2, 0.25) is 0 Å². The fourth-order valence-corrected chi connectivity index (χ4v) is 1.88. The van der Waals surface area contributed by atoms with E-state index in [0.29, 0.717) is 6.54 Å². The van der Waals surface area contributed by atoms with Crippen LogP contribution in [0.5, 0.6) is 0 Å². The third-order valence-corrected chi connectivity index (χ3v) is 3.36. The lowest BCUT2D eigenvalue weighted by atomic mass is 10.0. The smallest absolute Gasteiger partial charge is 0.0278 e. The summed E-state index contributed by atoms with van der Waals surface area (Å²) >= 11 is 0. The molecule has 0 saturated carbocycles. The highest BCUT2D eigenvalue weighted by Gasteiger charge is 2.23. The van der Waals surface area contributed by atoms with Crippen LogP contribution in [0.15, 0.2) is 24.3 Å². The maximum Gasteiger partial charge on any atom is 0.0278 e. The Hall–Kier alpha value is -0.860. The van der Waals surface area contributed by atoms with Crippen LogP contribution in [0.4, 0.5) is 0 Å². The summed E-state index contributed by atoms with van der Waals surface area (Å²) in [5.74, 6) is 0. The second-order valence-corrected chi connectivity index (χ2v) is 4.96. The summed E-state index contributed by atoms with van der Waals surface area (Å²) in [5, 5.41) is 0. The fraction of sp³-hybridized carbons (Fsp3) is 0.571. The van der Waals surface area contributed by atoms with E-state index in [1.807, 2.05) is 0 Å². The molecule has 2 heteroatoms. The molecule has 2 N–H and O–H groups in total. The number of hydrogen-bond donors (Lipinski definition) is 1. The van der Waals surface area contributed by atoms with E-state index in [4.69, 9.17) is 5.73 Å². The Kier molecular flexibility index (Phi) is 4.51. The molecule has 1 rings (SSSR count). The maximum absolute atomic E-state index is 5.83. The average Bonchev–Trinajstić information content (AvgIpc) is 2.27. The van der Waals surface area contributed by atoms with Gasteiger partial charge in [0.05, 0.1) is 0 Å². The predicted octanol–water partition coefficient (Wildman–Crippen LogP) is 2.55. The molecular formula is C14H24N2. The van der Waals surface area contributed by atoms with Crippen molar-refractivity contribution in [3.8, 4) is 0 Å². The van der Waals surface area contributed by atoms with E-state index in [1.165, 1.54) is 11.1 Å². The highest BCUT2D eigenvalue weighted by atomic mass is 15.2. The van der Waals surface area contributed by atoms with E-state index in [-0.39, 0.29) is 5.54 Å². The number of aryl methyl sites for hydroxylation is 1. The van der Waals surface area contributed by atoms with Gasteiger partial charge in [0, 0.05) is 18.6 Å². The molecule has 0 aliphatic rings. The van der Waals surface area contributed by atoms with Gasteiger partial charge >= 0.3 is 0 Å². The summed E-state index contributed by atoms with van der Waals surface area (Å²) in [5.41, 5.74) is 8.65. The topological polar surface area (TPSA) is 29.3 Å². The van der Waals surface area contributed by atoms with Gasteiger partial charge in [-0.2, -0.15) is 0 Å². The highest BCUT2D eigenvalue weighted by molar-refractivity contribution is 5.25. The minimum Gasteiger partial charge on any atom is -0.329 e. The minimum atomic E-state index is 0.0665.